The number of halogens is 2. The van der Waals surface area contributed by atoms with Crippen LogP contribution < -0.4 is 0 Å². The van der Waals surface area contributed by atoms with Crippen molar-refractivity contribution in [2.45, 2.75) is 25.3 Å². The largest absolute Gasteiger partial charge is 0.480 e. The van der Waals surface area contributed by atoms with E-state index in [1.807, 2.05) is 0 Å². The Labute approximate surface area is 106 Å². The molecule has 1 fully saturated rings. The van der Waals surface area contributed by atoms with Crippen molar-refractivity contribution in [2.75, 3.05) is 6.54 Å². The molecule has 2 rings (SSSR count). The standard InChI is InChI=1S/C11H11F2NO3S/c12-9(13)6-3-5-18-8(6)10(15)14-4-1-2-7(14)11(16)17/h3,5,7,9H,1-2,4H2,(H,16,17)/t7-/m0/s1. The molecule has 0 aromatic carbocycles. The molecule has 2 heterocycles. The molecular weight excluding hydrogens is 264 g/mol. The van der Waals surface area contributed by atoms with Gasteiger partial charge in [0.05, 0.1) is 0 Å². The molecule has 1 aromatic heterocycles. The van der Waals surface area contributed by atoms with Crippen molar-refractivity contribution in [3.05, 3.63) is 21.9 Å². The van der Waals surface area contributed by atoms with E-state index in [1.54, 1.807) is 0 Å². The van der Waals surface area contributed by atoms with Gasteiger partial charge in [-0.25, -0.2) is 13.6 Å². The average molecular weight is 275 g/mol. The molecule has 1 amide bonds. The summed E-state index contributed by atoms with van der Waals surface area (Å²) in [6.45, 7) is 0.302. The molecule has 0 aliphatic carbocycles. The minimum Gasteiger partial charge on any atom is -0.480 e. The number of carboxylic acids is 1. The van der Waals surface area contributed by atoms with Crippen LogP contribution in [0.5, 0.6) is 0 Å². The van der Waals surface area contributed by atoms with E-state index in [0.29, 0.717) is 19.4 Å². The summed E-state index contributed by atoms with van der Waals surface area (Å²) < 4.78 is 25.4. The van der Waals surface area contributed by atoms with Gasteiger partial charge < -0.3 is 10.0 Å². The van der Waals surface area contributed by atoms with Gasteiger partial charge in [-0.2, -0.15) is 0 Å². The first-order valence-corrected chi connectivity index (χ1v) is 6.29. The maximum Gasteiger partial charge on any atom is 0.326 e. The molecule has 0 unspecified atom stereocenters. The molecule has 7 heteroatoms. The topological polar surface area (TPSA) is 57.6 Å². The van der Waals surface area contributed by atoms with E-state index in [0.717, 1.165) is 11.3 Å². The second-order valence-corrected chi connectivity index (χ2v) is 4.92. The number of carbonyl (C=O) groups is 2. The summed E-state index contributed by atoms with van der Waals surface area (Å²) in [6.07, 6.45) is -1.77. The number of hydrogen-bond acceptors (Lipinski definition) is 3. The van der Waals surface area contributed by atoms with Crippen LogP contribution in [0.3, 0.4) is 0 Å². The Morgan fingerprint density at radius 1 is 1.50 bits per heavy atom. The van der Waals surface area contributed by atoms with Crippen LogP contribution in [0.2, 0.25) is 0 Å². The number of aliphatic carboxylic acids is 1. The molecule has 1 saturated heterocycles. The Morgan fingerprint density at radius 3 is 2.83 bits per heavy atom. The van der Waals surface area contributed by atoms with Crippen molar-refractivity contribution in [2.24, 2.45) is 0 Å². The zero-order valence-electron chi connectivity index (χ0n) is 9.31. The highest BCUT2D eigenvalue weighted by Gasteiger charge is 2.36. The quantitative estimate of drug-likeness (QED) is 0.921. The zero-order chi connectivity index (χ0) is 13.3. The lowest BCUT2D eigenvalue weighted by Gasteiger charge is -2.21. The lowest BCUT2D eigenvalue weighted by atomic mass is 10.2. The zero-order valence-corrected chi connectivity index (χ0v) is 10.1. The number of alkyl halides is 2. The monoisotopic (exact) mass is 275 g/mol. The Bertz CT molecular complexity index is 475. The molecule has 4 nitrogen and oxygen atoms in total. The third kappa shape index (κ3) is 2.22. The van der Waals surface area contributed by atoms with Gasteiger partial charge in [0, 0.05) is 12.1 Å². The summed E-state index contributed by atoms with van der Waals surface area (Å²) in [6, 6.07) is 0.305. The molecule has 1 aliphatic rings. The highest BCUT2D eigenvalue weighted by atomic mass is 32.1. The first-order valence-electron chi connectivity index (χ1n) is 5.41. The minimum atomic E-state index is -2.72. The van der Waals surface area contributed by atoms with Crippen molar-refractivity contribution in [1.82, 2.24) is 4.90 Å². The van der Waals surface area contributed by atoms with Gasteiger partial charge in [0.1, 0.15) is 10.9 Å². The first kappa shape index (κ1) is 12.9. The molecular formula is C11H11F2NO3S. The number of carboxylic acid groups (broad SMARTS) is 1. The lowest BCUT2D eigenvalue weighted by Crippen LogP contribution is -2.40. The molecule has 18 heavy (non-hydrogen) atoms. The number of rotatable bonds is 3. The van der Waals surface area contributed by atoms with Gasteiger partial charge in [-0.15, -0.1) is 11.3 Å². The third-order valence-corrected chi connectivity index (χ3v) is 3.84. The fourth-order valence-corrected chi connectivity index (χ4v) is 2.92. The summed E-state index contributed by atoms with van der Waals surface area (Å²) in [5, 5.41) is 10.4. The first-order chi connectivity index (χ1) is 8.52. The van der Waals surface area contributed by atoms with Crippen LogP contribution >= 0.6 is 11.3 Å². The van der Waals surface area contributed by atoms with Crippen LogP contribution in [-0.2, 0) is 4.79 Å². The number of nitrogens with zero attached hydrogens (tertiary/aromatic N) is 1. The van der Waals surface area contributed by atoms with Gasteiger partial charge >= 0.3 is 5.97 Å². The number of thiophene rings is 1. The summed E-state index contributed by atoms with van der Waals surface area (Å²) in [5.41, 5.74) is -0.318. The average Bonchev–Trinajstić information content (AvgIpc) is 2.97. The molecule has 0 radical (unpaired) electrons. The number of amides is 1. The van der Waals surface area contributed by atoms with Crippen LogP contribution in [0.1, 0.15) is 34.5 Å². The number of carbonyl (C=O) groups excluding carboxylic acids is 1. The van der Waals surface area contributed by atoms with E-state index in [1.165, 1.54) is 16.3 Å². The fraction of sp³-hybridized carbons (Fsp3) is 0.455. The van der Waals surface area contributed by atoms with Gasteiger partial charge in [0.2, 0.25) is 0 Å². The van der Waals surface area contributed by atoms with E-state index >= 15 is 0 Å². The lowest BCUT2D eigenvalue weighted by molar-refractivity contribution is -0.141. The second-order valence-electron chi connectivity index (χ2n) is 4.00. The third-order valence-electron chi connectivity index (χ3n) is 2.92. The predicted molar refractivity (Wildman–Crippen MR) is 61.0 cm³/mol. The van der Waals surface area contributed by atoms with Gasteiger partial charge in [-0.05, 0) is 24.3 Å². The van der Waals surface area contributed by atoms with E-state index in [-0.39, 0.29) is 10.4 Å². The van der Waals surface area contributed by atoms with Gasteiger partial charge in [0.25, 0.3) is 12.3 Å². The molecule has 1 atom stereocenters. The van der Waals surface area contributed by atoms with Crippen LogP contribution in [0.15, 0.2) is 11.4 Å². The summed E-state index contributed by atoms with van der Waals surface area (Å²) >= 11 is 0.922. The number of likely N-dealkylation sites (tertiary alicyclic amines) is 1. The van der Waals surface area contributed by atoms with Gasteiger partial charge in [-0.1, -0.05) is 0 Å². The summed E-state index contributed by atoms with van der Waals surface area (Å²) in [5.74, 6) is -1.69. The Hall–Kier alpha value is -1.50. The highest BCUT2D eigenvalue weighted by molar-refractivity contribution is 7.12. The molecule has 1 aromatic rings. The minimum absolute atomic E-state index is 0.0573. The normalized spacial score (nSPS) is 19.5. The van der Waals surface area contributed by atoms with Gasteiger partial charge in [-0.3, -0.25) is 4.79 Å². The molecule has 0 bridgehead atoms. The maximum absolute atomic E-state index is 12.7. The van der Waals surface area contributed by atoms with Crippen LogP contribution in [0, 0.1) is 0 Å². The summed E-state index contributed by atoms with van der Waals surface area (Å²) in [4.78, 5) is 24.2. The van der Waals surface area contributed by atoms with Crippen LogP contribution in [0.25, 0.3) is 0 Å². The van der Waals surface area contributed by atoms with Crippen molar-refractivity contribution in [3.8, 4) is 0 Å². The van der Waals surface area contributed by atoms with Crippen molar-refractivity contribution < 1.29 is 23.5 Å². The smallest absolute Gasteiger partial charge is 0.326 e. The second kappa shape index (κ2) is 5.01. The Balaban J connectivity index is 2.25. The van der Waals surface area contributed by atoms with Crippen LogP contribution in [0.4, 0.5) is 8.78 Å². The fourth-order valence-electron chi connectivity index (χ4n) is 2.06. The molecule has 0 saturated carbocycles. The van der Waals surface area contributed by atoms with E-state index in [2.05, 4.69) is 0 Å². The van der Waals surface area contributed by atoms with Crippen molar-refractivity contribution in [3.63, 3.8) is 0 Å². The molecule has 1 N–H and O–H groups in total. The van der Waals surface area contributed by atoms with E-state index in [4.69, 9.17) is 5.11 Å². The van der Waals surface area contributed by atoms with Crippen LogP contribution in [-0.4, -0.2) is 34.5 Å². The Kier molecular flexibility index (Phi) is 3.60. The number of hydrogen-bond donors (Lipinski definition) is 1. The predicted octanol–water partition coefficient (Wildman–Crippen LogP) is 2.37. The van der Waals surface area contributed by atoms with Gasteiger partial charge in [0.15, 0.2) is 0 Å². The van der Waals surface area contributed by atoms with Crippen molar-refractivity contribution in [1.29, 1.82) is 0 Å². The van der Waals surface area contributed by atoms with E-state index in [9.17, 15) is 18.4 Å². The molecule has 0 spiro atoms. The highest BCUT2D eigenvalue weighted by Crippen LogP contribution is 2.30. The van der Waals surface area contributed by atoms with E-state index < -0.39 is 24.3 Å². The Morgan fingerprint density at radius 2 is 2.22 bits per heavy atom. The SMILES string of the molecule is O=C(O)[C@@H]1CCCN1C(=O)c1sccc1C(F)F. The maximum atomic E-state index is 12.7. The molecule has 98 valence electrons. The summed E-state index contributed by atoms with van der Waals surface area (Å²) in [7, 11) is 0. The van der Waals surface area contributed by atoms with Crippen molar-refractivity contribution >= 4 is 23.2 Å². The molecule has 1 aliphatic heterocycles.